The maximum atomic E-state index is 5.52. The molecule has 2 aliphatic heterocycles. The maximum absolute atomic E-state index is 5.52. The molecule has 0 spiro atoms. The van der Waals surface area contributed by atoms with Gasteiger partial charge in [-0.1, -0.05) is 13.8 Å². The van der Waals surface area contributed by atoms with Gasteiger partial charge in [-0.05, 0) is 29.9 Å². The topological polar surface area (TPSA) is 15.7 Å². The van der Waals surface area contributed by atoms with E-state index in [4.69, 9.17) is 4.74 Å². The summed E-state index contributed by atoms with van der Waals surface area (Å²) < 4.78 is 5.52. The minimum Gasteiger partial charge on any atom is -0.381 e. The zero-order valence-electron chi connectivity index (χ0n) is 12.6. The van der Waals surface area contributed by atoms with Crippen molar-refractivity contribution >= 4 is 12.6 Å². The molecule has 0 bridgehead atoms. The summed E-state index contributed by atoms with van der Waals surface area (Å²) in [5.74, 6) is 1.79. The molecule has 0 radical (unpaired) electrons. The summed E-state index contributed by atoms with van der Waals surface area (Å²) in [5.41, 5.74) is 0.404. The van der Waals surface area contributed by atoms with Crippen LogP contribution in [-0.4, -0.2) is 68.0 Å². The smallest absolute Gasteiger partial charge is 0.0472 e. The number of hydrogen-bond donors (Lipinski definition) is 1. The average Bonchev–Trinajstić information content (AvgIpc) is 2.41. The van der Waals surface area contributed by atoms with E-state index in [1.807, 2.05) is 0 Å². The lowest BCUT2D eigenvalue weighted by molar-refractivity contribution is -0.00151. The summed E-state index contributed by atoms with van der Waals surface area (Å²) in [6.45, 7) is 13.9. The third-order valence-electron chi connectivity index (χ3n) is 4.54. The first-order valence-corrected chi connectivity index (χ1v) is 8.40. The highest BCUT2D eigenvalue weighted by atomic mass is 32.1. The maximum Gasteiger partial charge on any atom is 0.0472 e. The first-order valence-electron chi connectivity index (χ1n) is 7.77. The molecule has 2 saturated heterocycles. The predicted molar refractivity (Wildman–Crippen MR) is 84.1 cm³/mol. The molecule has 0 atom stereocenters. The van der Waals surface area contributed by atoms with Crippen LogP contribution in [0.15, 0.2) is 0 Å². The van der Waals surface area contributed by atoms with E-state index in [1.54, 1.807) is 0 Å². The van der Waals surface area contributed by atoms with Gasteiger partial charge in [0.2, 0.25) is 0 Å². The predicted octanol–water partition coefficient (Wildman–Crippen LogP) is 1.99. The number of thiol groups is 1. The number of hydrogen-bond acceptors (Lipinski definition) is 4. The molecule has 0 unspecified atom stereocenters. The lowest BCUT2D eigenvalue weighted by Crippen LogP contribution is -2.51. The van der Waals surface area contributed by atoms with Crippen LogP contribution in [0.3, 0.4) is 0 Å². The van der Waals surface area contributed by atoms with Crippen LogP contribution in [0.25, 0.3) is 0 Å². The Hall–Kier alpha value is 0.230. The second-order valence-corrected chi connectivity index (χ2v) is 7.06. The van der Waals surface area contributed by atoms with Gasteiger partial charge in [0.05, 0.1) is 0 Å². The molecule has 0 aromatic heterocycles. The van der Waals surface area contributed by atoms with Crippen LogP contribution >= 0.6 is 12.6 Å². The molecule has 0 aromatic carbocycles. The number of rotatable bonds is 5. The third-order valence-corrected chi connectivity index (χ3v) is 5.21. The molecule has 4 heteroatoms. The molecule has 2 aliphatic rings. The zero-order chi connectivity index (χ0) is 13.7. The van der Waals surface area contributed by atoms with Gasteiger partial charge < -0.3 is 14.5 Å². The highest BCUT2D eigenvalue weighted by Gasteiger charge is 2.34. The summed E-state index contributed by atoms with van der Waals surface area (Å²) in [6.07, 6.45) is 2.37. The molecule has 2 heterocycles. The highest BCUT2D eigenvalue weighted by molar-refractivity contribution is 7.80. The molecular weight excluding hydrogens is 256 g/mol. The van der Waals surface area contributed by atoms with Crippen molar-refractivity contribution in [3.63, 3.8) is 0 Å². The summed E-state index contributed by atoms with van der Waals surface area (Å²) >= 11 is 4.62. The number of ether oxygens (including phenoxy) is 1. The third kappa shape index (κ3) is 4.62. The van der Waals surface area contributed by atoms with Gasteiger partial charge in [0.15, 0.2) is 0 Å². The van der Waals surface area contributed by atoms with E-state index < -0.39 is 0 Å². The monoisotopic (exact) mass is 286 g/mol. The van der Waals surface area contributed by atoms with Gasteiger partial charge >= 0.3 is 0 Å². The van der Waals surface area contributed by atoms with E-state index in [1.165, 1.54) is 52.1 Å². The number of nitrogens with zero attached hydrogens (tertiary/aromatic N) is 2. The van der Waals surface area contributed by atoms with Crippen LogP contribution in [0, 0.1) is 11.3 Å². The Morgan fingerprint density at radius 1 is 1.05 bits per heavy atom. The number of piperazine rings is 1. The molecule has 0 aliphatic carbocycles. The minimum absolute atomic E-state index is 0.404. The average molecular weight is 286 g/mol. The Morgan fingerprint density at radius 2 is 1.63 bits per heavy atom. The van der Waals surface area contributed by atoms with E-state index >= 15 is 0 Å². The van der Waals surface area contributed by atoms with E-state index in [9.17, 15) is 0 Å². The van der Waals surface area contributed by atoms with Crippen LogP contribution < -0.4 is 0 Å². The summed E-state index contributed by atoms with van der Waals surface area (Å²) in [7, 11) is 0. The molecule has 0 saturated carbocycles. The Labute approximate surface area is 124 Å². The lowest BCUT2D eigenvalue weighted by atomic mass is 9.81. The Morgan fingerprint density at radius 3 is 2.16 bits per heavy atom. The van der Waals surface area contributed by atoms with E-state index in [-0.39, 0.29) is 0 Å². The van der Waals surface area contributed by atoms with E-state index in [2.05, 4.69) is 36.3 Å². The second kappa shape index (κ2) is 7.30. The summed E-state index contributed by atoms with van der Waals surface area (Å²) in [4.78, 5) is 5.26. The molecule has 112 valence electrons. The molecule has 0 aromatic rings. The molecule has 2 rings (SSSR count). The van der Waals surface area contributed by atoms with Crippen LogP contribution in [0.1, 0.15) is 26.7 Å². The minimum atomic E-state index is 0.404. The first kappa shape index (κ1) is 15.6. The largest absolute Gasteiger partial charge is 0.381 e. The van der Waals surface area contributed by atoms with E-state index in [0.717, 1.165) is 24.9 Å². The standard InChI is InChI=1S/C15H30N2OS/c1-14(2)11-16-5-7-17(8-6-16)12-15(13-19)3-9-18-10-4-15/h14,19H,3-13H2,1-2H3. The second-order valence-electron chi connectivity index (χ2n) is 6.74. The van der Waals surface area contributed by atoms with Crippen LogP contribution in [0.4, 0.5) is 0 Å². The zero-order valence-corrected chi connectivity index (χ0v) is 13.5. The van der Waals surface area contributed by atoms with E-state index in [0.29, 0.717) is 5.41 Å². The highest BCUT2D eigenvalue weighted by Crippen LogP contribution is 2.33. The van der Waals surface area contributed by atoms with Crippen molar-refractivity contribution in [3.05, 3.63) is 0 Å². The Balaban J connectivity index is 1.77. The summed E-state index contributed by atoms with van der Waals surface area (Å²) in [5, 5.41) is 0. The normalized spacial score (nSPS) is 25.9. The van der Waals surface area contributed by atoms with Crippen molar-refractivity contribution in [2.45, 2.75) is 26.7 Å². The van der Waals surface area contributed by atoms with Gasteiger partial charge in [-0.2, -0.15) is 12.6 Å². The van der Waals surface area contributed by atoms with Crippen molar-refractivity contribution in [2.75, 3.05) is 58.2 Å². The van der Waals surface area contributed by atoms with Crippen molar-refractivity contribution in [3.8, 4) is 0 Å². The molecule has 19 heavy (non-hydrogen) atoms. The Kier molecular flexibility index (Phi) is 6.00. The van der Waals surface area contributed by atoms with Gasteiger partial charge in [0, 0.05) is 52.5 Å². The molecule has 2 fully saturated rings. The lowest BCUT2D eigenvalue weighted by Gasteiger charge is -2.43. The van der Waals surface area contributed by atoms with Crippen molar-refractivity contribution in [1.82, 2.24) is 9.80 Å². The Bertz CT molecular complexity index is 259. The van der Waals surface area contributed by atoms with Crippen LogP contribution in [0.2, 0.25) is 0 Å². The first-order chi connectivity index (χ1) is 9.13. The van der Waals surface area contributed by atoms with Crippen molar-refractivity contribution < 1.29 is 4.74 Å². The van der Waals surface area contributed by atoms with Gasteiger partial charge in [-0.3, -0.25) is 0 Å². The molecule has 3 nitrogen and oxygen atoms in total. The quantitative estimate of drug-likeness (QED) is 0.778. The SMILES string of the molecule is CC(C)CN1CCN(CC2(CS)CCOCC2)CC1. The van der Waals surface area contributed by atoms with Crippen LogP contribution in [0.5, 0.6) is 0 Å². The van der Waals surface area contributed by atoms with Gasteiger partial charge in [-0.15, -0.1) is 0 Å². The van der Waals surface area contributed by atoms with Crippen LogP contribution in [-0.2, 0) is 4.74 Å². The molecule has 0 amide bonds. The fraction of sp³-hybridized carbons (Fsp3) is 1.00. The molecule has 0 N–H and O–H groups in total. The fourth-order valence-electron chi connectivity index (χ4n) is 3.29. The summed E-state index contributed by atoms with van der Waals surface area (Å²) in [6, 6.07) is 0. The van der Waals surface area contributed by atoms with Crippen molar-refractivity contribution in [1.29, 1.82) is 0 Å². The van der Waals surface area contributed by atoms with Gasteiger partial charge in [0.25, 0.3) is 0 Å². The fourth-order valence-corrected chi connectivity index (χ4v) is 3.71. The van der Waals surface area contributed by atoms with Gasteiger partial charge in [0.1, 0.15) is 0 Å². The van der Waals surface area contributed by atoms with Gasteiger partial charge in [-0.25, -0.2) is 0 Å². The molecular formula is C15H30N2OS. The van der Waals surface area contributed by atoms with Crippen molar-refractivity contribution in [2.24, 2.45) is 11.3 Å².